The van der Waals surface area contributed by atoms with E-state index in [-0.39, 0.29) is 0 Å². The van der Waals surface area contributed by atoms with Crippen molar-refractivity contribution in [1.29, 1.82) is 0 Å². The Labute approximate surface area is 51.7 Å². The van der Waals surface area contributed by atoms with Crippen LogP contribution in [0, 0.1) is 0 Å². The van der Waals surface area contributed by atoms with Gasteiger partial charge < -0.3 is 5.84 Å². The molecule has 0 atom stereocenters. The smallest absolute Gasteiger partial charge is 0.322 e. The summed E-state index contributed by atoms with van der Waals surface area (Å²) in [5.41, 5.74) is 0. The van der Waals surface area contributed by atoms with Crippen molar-refractivity contribution in [3.05, 3.63) is 0 Å². The van der Waals surface area contributed by atoms with E-state index in [1.165, 1.54) is 0 Å². The fourth-order valence-corrected chi connectivity index (χ4v) is 0.0732. The van der Waals surface area contributed by atoms with Crippen LogP contribution in [0.2, 0.25) is 0 Å². The lowest BCUT2D eigenvalue weighted by Gasteiger charge is -1.99. The summed E-state index contributed by atoms with van der Waals surface area (Å²) in [6.45, 7) is 0. The highest BCUT2D eigenvalue weighted by atomic mass is 79.9. The Morgan fingerprint density at radius 3 is 1.88 bits per heavy atom. The quantitative estimate of drug-likeness (QED) is 0.348. The van der Waals surface area contributed by atoms with Crippen LogP contribution in [0.5, 0.6) is 0 Å². The maximum absolute atomic E-state index is 11.2. The van der Waals surface area contributed by atoms with Gasteiger partial charge in [-0.1, -0.05) is 0 Å². The van der Waals surface area contributed by atoms with Crippen LogP contribution in [0.4, 0.5) is 13.2 Å². The molecule has 0 fully saturated rings. The lowest BCUT2D eigenvalue weighted by atomic mass is 10.7. The number of hydrogen-bond acceptors (Lipinski definition) is 2. The van der Waals surface area contributed by atoms with Gasteiger partial charge in [-0.25, -0.2) is 0 Å². The van der Waals surface area contributed by atoms with E-state index in [0.29, 0.717) is 0 Å². The molecule has 0 aliphatic rings. The fraction of sp³-hybridized carbons (Fsp3) is 0.500. The molecule has 8 heavy (non-hydrogen) atoms. The lowest BCUT2D eigenvalue weighted by molar-refractivity contribution is -0.0552. The molecule has 0 amide bonds. The van der Waals surface area contributed by atoms with Crippen LogP contribution in [0.15, 0.2) is 5.10 Å². The van der Waals surface area contributed by atoms with Gasteiger partial charge in [0.15, 0.2) is 0 Å². The van der Waals surface area contributed by atoms with Crippen LogP contribution in [0.3, 0.4) is 0 Å². The van der Waals surface area contributed by atoms with E-state index in [2.05, 4.69) is 26.9 Å². The topological polar surface area (TPSA) is 38.4 Å². The highest BCUT2D eigenvalue weighted by Gasteiger charge is 2.33. The number of nitrogens with zero attached hydrogens (tertiary/aromatic N) is 1. The summed E-state index contributed by atoms with van der Waals surface area (Å²) in [7, 11) is 0. The standard InChI is InChI=1S/C2H2BrF3N2/c3-1(8-7)2(4,5)6/h7H2. The van der Waals surface area contributed by atoms with Gasteiger partial charge >= 0.3 is 6.18 Å². The molecule has 6 heteroatoms. The lowest BCUT2D eigenvalue weighted by Crippen LogP contribution is -2.17. The highest BCUT2D eigenvalue weighted by Crippen LogP contribution is 2.19. The molecule has 0 heterocycles. The van der Waals surface area contributed by atoms with Crippen molar-refractivity contribution in [2.24, 2.45) is 10.9 Å². The van der Waals surface area contributed by atoms with Gasteiger partial charge in [0.1, 0.15) is 0 Å². The summed E-state index contributed by atoms with van der Waals surface area (Å²) in [6.07, 6.45) is -4.45. The van der Waals surface area contributed by atoms with Gasteiger partial charge in [0.2, 0.25) is 4.62 Å². The average molecular weight is 191 g/mol. The summed E-state index contributed by atoms with van der Waals surface area (Å²) in [5.74, 6) is 4.28. The van der Waals surface area contributed by atoms with Crippen molar-refractivity contribution in [2.75, 3.05) is 0 Å². The summed E-state index contributed by atoms with van der Waals surface area (Å²) < 4.78 is 32.4. The third-order valence-corrected chi connectivity index (χ3v) is 1.00. The molecule has 0 radical (unpaired) electrons. The first kappa shape index (κ1) is 7.74. The van der Waals surface area contributed by atoms with Crippen molar-refractivity contribution >= 4 is 20.6 Å². The second-order valence-corrected chi connectivity index (χ2v) is 1.67. The van der Waals surface area contributed by atoms with E-state index < -0.39 is 10.8 Å². The Bertz CT molecular complexity index is 106. The Morgan fingerprint density at radius 2 is 1.88 bits per heavy atom. The summed E-state index contributed by atoms with van der Waals surface area (Å²) in [4.78, 5) is 0. The molecule has 0 saturated heterocycles. The molecule has 2 nitrogen and oxygen atoms in total. The molecular formula is C2H2BrF3N2. The molecule has 0 aromatic carbocycles. The molecule has 0 aromatic rings. The molecule has 0 aliphatic carbocycles. The van der Waals surface area contributed by atoms with Gasteiger partial charge in [-0.3, -0.25) is 0 Å². The highest BCUT2D eigenvalue weighted by molar-refractivity contribution is 9.18. The monoisotopic (exact) mass is 190 g/mol. The first-order valence-electron chi connectivity index (χ1n) is 1.49. The van der Waals surface area contributed by atoms with Crippen molar-refractivity contribution in [3.63, 3.8) is 0 Å². The zero-order chi connectivity index (χ0) is 6.78. The molecule has 0 unspecified atom stereocenters. The molecule has 48 valence electrons. The van der Waals surface area contributed by atoms with Crippen molar-refractivity contribution in [1.82, 2.24) is 0 Å². The van der Waals surface area contributed by atoms with Crippen LogP contribution in [-0.4, -0.2) is 10.8 Å². The SMILES string of the molecule is NN=C(Br)C(F)(F)F. The Balaban J connectivity index is 4.03. The van der Waals surface area contributed by atoms with Gasteiger partial charge in [0.05, 0.1) is 0 Å². The van der Waals surface area contributed by atoms with Crippen molar-refractivity contribution < 1.29 is 13.2 Å². The summed E-state index contributed by atoms with van der Waals surface area (Å²) in [5, 5.41) is 2.37. The zero-order valence-electron chi connectivity index (χ0n) is 3.54. The van der Waals surface area contributed by atoms with E-state index in [1.54, 1.807) is 0 Å². The Hall–Kier alpha value is -0.260. The number of alkyl halides is 3. The molecule has 0 spiro atoms. The molecule has 0 aliphatic heterocycles. The second kappa shape index (κ2) is 2.34. The van der Waals surface area contributed by atoms with Gasteiger partial charge in [-0.15, -0.1) is 0 Å². The maximum Gasteiger partial charge on any atom is 0.441 e. The fourth-order valence-electron chi connectivity index (χ4n) is 0.0732. The predicted octanol–water partition coefficient (Wildman–Crippen LogP) is 1.22. The third kappa shape index (κ3) is 2.15. The van der Waals surface area contributed by atoms with E-state index in [0.717, 1.165) is 0 Å². The van der Waals surface area contributed by atoms with E-state index in [1.807, 2.05) is 0 Å². The number of hydrazone groups is 1. The zero-order valence-corrected chi connectivity index (χ0v) is 5.12. The molecule has 2 N–H and O–H groups in total. The first-order valence-corrected chi connectivity index (χ1v) is 2.28. The molecular weight excluding hydrogens is 189 g/mol. The van der Waals surface area contributed by atoms with E-state index >= 15 is 0 Å². The average Bonchev–Trinajstić information content (AvgIpc) is 1.62. The van der Waals surface area contributed by atoms with Crippen molar-refractivity contribution in [2.45, 2.75) is 6.18 Å². The Kier molecular flexibility index (Phi) is 2.26. The first-order chi connectivity index (χ1) is 3.48. The summed E-state index contributed by atoms with van der Waals surface area (Å²) >= 11 is 2.10. The van der Waals surface area contributed by atoms with Crippen molar-refractivity contribution in [3.8, 4) is 0 Å². The van der Waals surface area contributed by atoms with Crippen LogP contribution >= 0.6 is 15.9 Å². The largest absolute Gasteiger partial charge is 0.441 e. The van der Waals surface area contributed by atoms with Crippen LogP contribution in [-0.2, 0) is 0 Å². The number of hydrogen-bond donors (Lipinski definition) is 1. The van der Waals surface area contributed by atoms with Crippen LogP contribution < -0.4 is 5.84 Å². The van der Waals surface area contributed by atoms with E-state index in [4.69, 9.17) is 0 Å². The number of halogens is 4. The minimum atomic E-state index is -4.45. The van der Waals surface area contributed by atoms with Crippen LogP contribution in [0.1, 0.15) is 0 Å². The number of rotatable bonds is 0. The second-order valence-electron chi connectivity index (χ2n) is 0.918. The third-order valence-electron chi connectivity index (χ3n) is 0.347. The van der Waals surface area contributed by atoms with Crippen LogP contribution in [0.25, 0.3) is 0 Å². The normalized spacial score (nSPS) is 14.2. The van der Waals surface area contributed by atoms with E-state index in [9.17, 15) is 13.2 Å². The summed E-state index contributed by atoms with van der Waals surface area (Å²) in [6, 6.07) is 0. The van der Waals surface area contributed by atoms with Gasteiger partial charge in [0, 0.05) is 0 Å². The predicted molar refractivity (Wildman–Crippen MR) is 26.6 cm³/mol. The Morgan fingerprint density at radius 1 is 1.50 bits per heavy atom. The molecule has 0 aromatic heterocycles. The maximum atomic E-state index is 11.2. The van der Waals surface area contributed by atoms with Gasteiger partial charge in [-0.05, 0) is 15.9 Å². The minimum absolute atomic E-state index is 1.20. The minimum Gasteiger partial charge on any atom is -0.322 e. The molecule has 0 saturated carbocycles. The number of nitrogens with two attached hydrogens (primary N) is 1. The molecule has 0 bridgehead atoms. The molecule has 0 rings (SSSR count). The van der Waals surface area contributed by atoms with Gasteiger partial charge in [0.25, 0.3) is 0 Å². The van der Waals surface area contributed by atoms with Gasteiger partial charge in [-0.2, -0.15) is 18.3 Å².